The summed E-state index contributed by atoms with van der Waals surface area (Å²) in [6.07, 6.45) is 27.6. The van der Waals surface area contributed by atoms with Crippen LogP contribution < -0.4 is 29.7 Å². The first-order valence-corrected chi connectivity index (χ1v) is 31.3. The van der Waals surface area contributed by atoms with Crippen LogP contribution in [0, 0.1) is 24.2 Å². The third kappa shape index (κ3) is 23.8. The van der Waals surface area contributed by atoms with E-state index in [1.807, 2.05) is 65.0 Å². The lowest BCUT2D eigenvalue weighted by atomic mass is 9.86. The van der Waals surface area contributed by atoms with Gasteiger partial charge in [-0.1, -0.05) is 102 Å². The van der Waals surface area contributed by atoms with Gasteiger partial charge in [0.15, 0.2) is 6.54 Å². The number of nitrogens with one attached hydrogen (secondary N) is 1. The summed E-state index contributed by atoms with van der Waals surface area (Å²) in [5.41, 5.74) is 4.18. The minimum atomic E-state index is -1.29. The van der Waals surface area contributed by atoms with Gasteiger partial charge in [-0.05, 0) is 124 Å². The third-order valence-electron chi connectivity index (χ3n) is 16.7. The fourth-order valence-electron chi connectivity index (χ4n) is 11.8. The minimum absolute atomic E-state index is 0.0156. The van der Waals surface area contributed by atoms with Crippen LogP contribution in [0.3, 0.4) is 0 Å². The van der Waals surface area contributed by atoms with Gasteiger partial charge in [-0.2, -0.15) is 0 Å². The molecule has 2 atom stereocenters. The average molecular weight is 1160 g/mol. The Morgan fingerprint density at radius 1 is 0.833 bits per heavy atom. The van der Waals surface area contributed by atoms with Gasteiger partial charge in [-0.15, -0.1) is 5.10 Å². The minimum Gasteiger partial charge on any atom is -0.544 e. The molecule has 1 saturated heterocycles. The van der Waals surface area contributed by atoms with Gasteiger partial charge in [0.25, 0.3) is 5.91 Å². The predicted molar refractivity (Wildman–Crippen MR) is 323 cm³/mol. The van der Waals surface area contributed by atoms with Crippen molar-refractivity contribution in [3.63, 3.8) is 0 Å². The van der Waals surface area contributed by atoms with Crippen LogP contribution in [0.1, 0.15) is 195 Å². The molecular formula is C65H97N9O10. The van der Waals surface area contributed by atoms with Crippen molar-refractivity contribution in [3.05, 3.63) is 83.4 Å². The first-order chi connectivity index (χ1) is 40.4. The maximum Gasteiger partial charge on any atom is 0.359 e. The number of carbonyl (C=O) groups excluding carboxylic acids is 3. The van der Waals surface area contributed by atoms with Crippen molar-refractivity contribution in [2.75, 3.05) is 76.4 Å². The number of piperidine rings is 1. The summed E-state index contributed by atoms with van der Waals surface area (Å²) in [4.78, 5) is 74.6. The first kappa shape index (κ1) is 66.5. The topological polar surface area (TPSA) is 242 Å². The number of likely N-dealkylation sites (N-methyl/N-ethyl adjacent to an activating group) is 1. The third-order valence-corrected chi connectivity index (χ3v) is 16.7. The number of ether oxygens (including phenoxy) is 2. The zero-order valence-corrected chi connectivity index (χ0v) is 51.1. The van der Waals surface area contributed by atoms with Crippen molar-refractivity contribution in [1.82, 2.24) is 30.3 Å². The Hall–Kier alpha value is -6.63. The van der Waals surface area contributed by atoms with Crippen LogP contribution in [0.15, 0.2) is 60.9 Å². The van der Waals surface area contributed by atoms with Crippen LogP contribution in [-0.2, 0) is 32.1 Å². The average Bonchev–Trinajstić information content (AvgIpc) is 4.38. The van der Waals surface area contributed by atoms with Gasteiger partial charge in [-0.3, -0.25) is 24.0 Å². The van der Waals surface area contributed by atoms with E-state index < -0.39 is 17.9 Å². The Morgan fingerprint density at radius 2 is 1.52 bits per heavy atom. The summed E-state index contributed by atoms with van der Waals surface area (Å²) < 4.78 is 13.8. The molecule has 6 rings (SSSR count). The largest absolute Gasteiger partial charge is 0.544 e. The van der Waals surface area contributed by atoms with Gasteiger partial charge in [0.05, 0.1) is 56.6 Å². The maximum absolute atomic E-state index is 15.0. The van der Waals surface area contributed by atoms with Crippen LogP contribution >= 0.6 is 0 Å². The fraction of sp³-hybridized carbons (Fsp3) is 0.646. The van der Waals surface area contributed by atoms with E-state index in [9.17, 15) is 29.4 Å². The number of carboxylic acid groups (broad SMARTS) is 3. The molecule has 4 heterocycles. The van der Waals surface area contributed by atoms with E-state index in [2.05, 4.69) is 45.6 Å². The molecule has 84 heavy (non-hydrogen) atoms. The molecule has 1 saturated carbocycles. The van der Waals surface area contributed by atoms with Crippen LogP contribution in [0.4, 0.5) is 11.5 Å². The number of amides is 2. The van der Waals surface area contributed by atoms with Crippen LogP contribution in [0.2, 0.25) is 0 Å². The summed E-state index contributed by atoms with van der Waals surface area (Å²) >= 11 is 0. The van der Waals surface area contributed by atoms with E-state index in [0.29, 0.717) is 73.9 Å². The quantitative estimate of drug-likeness (QED) is 0.0276. The second kappa shape index (κ2) is 34.4. The number of methoxy groups -OCH3 is 1. The van der Waals surface area contributed by atoms with Crippen LogP contribution in [0.25, 0.3) is 0 Å². The van der Waals surface area contributed by atoms with E-state index in [0.717, 1.165) is 132 Å². The summed E-state index contributed by atoms with van der Waals surface area (Å²) in [6.45, 7) is 9.87. The Bertz CT molecular complexity index is 2670. The molecule has 1 unspecified atom stereocenters. The van der Waals surface area contributed by atoms with E-state index >= 15 is 4.79 Å². The zero-order chi connectivity index (χ0) is 60.3. The number of carbonyl (C=O) groups is 5. The van der Waals surface area contributed by atoms with E-state index in [4.69, 9.17) is 19.6 Å². The van der Waals surface area contributed by atoms with Crippen molar-refractivity contribution in [2.24, 2.45) is 17.3 Å². The number of carboxylic acids is 3. The molecular weight excluding hydrogens is 1070 g/mol. The summed E-state index contributed by atoms with van der Waals surface area (Å²) in [6, 6.07) is 15.5. The number of unbranched alkanes of at least 4 members (excludes halogenated alkanes) is 13. The number of rotatable bonds is 42. The smallest absolute Gasteiger partial charge is 0.359 e. The normalized spacial score (nSPS) is 14.8. The van der Waals surface area contributed by atoms with Crippen molar-refractivity contribution in [3.8, 4) is 11.6 Å². The molecule has 19 heteroatoms. The maximum atomic E-state index is 15.0. The molecule has 462 valence electrons. The zero-order valence-electron chi connectivity index (χ0n) is 51.1. The molecule has 1 aliphatic heterocycles. The molecule has 0 bridgehead atoms. The molecule has 19 nitrogen and oxygen atoms in total. The number of quaternary nitrogens is 1. The first-order valence-electron chi connectivity index (χ1n) is 31.3. The Labute approximate surface area is 498 Å². The predicted octanol–water partition coefficient (Wildman–Crippen LogP) is 9.98. The van der Waals surface area contributed by atoms with Crippen LogP contribution in [-0.4, -0.2) is 136 Å². The number of benzene rings is 1. The molecule has 3 N–H and O–H groups in total. The highest BCUT2D eigenvalue weighted by molar-refractivity contribution is 6.09. The van der Waals surface area contributed by atoms with Gasteiger partial charge in [0.1, 0.15) is 18.1 Å². The van der Waals surface area contributed by atoms with Gasteiger partial charge in [0.2, 0.25) is 11.8 Å². The standard InChI is InChI=1S/C65H97N9O10/c1-49-23-21-25-58(68-49)73(64(82)55-30-29-54(83-5)42-57(55)71-38-32-50(33-39-71)47-84-60-41-52(31-36-67-60)56(43-61(76)77)51-27-28-51)48-65(2,3)34-19-15-16-20-37-72-44-53(69-70-72)24-17-13-11-9-7-6-8-10-12-14-18-26-59(75)66-35-22-40-74(4,45-62(78)79)46-63(80)81/h21,23,25,29-31,36,41-42,44,50-51,56H,6-20,22,24,26-28,32-35,37-40,43,45-48H2,1-5H3,(H3-,66,75,76,77,78,79,80,81)/t56-/m0/s1. The van der Waals surface area contributed by atoms with E-state index in [1.165, 1.54) is 44.9 Å². The lowest BCUT2D eigenvalue weighted by molar-refractivity contribution is -0.897. The fourth-order valence-corrected chi connectivity index (χ4v) is 11.8. The summed E-state index contributed by atoms with van der Waals surface area (Å²) in [5, 5.41) is 41.5. The highest BCUT2D eigenvalue weighted by Crippen LogP contribution is 2.45. The number of hydrogen-bond acceptors (Lipinski definition) is 13. The second-order valence-corrected chi connectivity index (χ2v) is 24.9. The summed E-state index contributed by atoms with van der Waals surface area (Å²) in [7, 11) is 3.23. The van der Waals surface area contributed by atoms with Crippen molar-refractivity contribution in [1.29, 1.82) is 0 Å². The highest BCUT2D eigenvalue weighted by Gasteiger charge is 2.35. The number of pyridine rings is 2. The molecule has 2 aliphatic rings. The van der Waals surface area contributed by atoms with E-state index in [1.54, 1.807) is 20.4 Å². The van der Waals surface area contributed by atoms with Crippen molar-refractivity contribution < 1.29 is 53.2 Å². The lowest BCUT2D eigenvalue weighted by Crippen LogP contribution is -2.54. The Kier molecular flexibility index (Phi) is 27.2. The van der Waals surface area contributed by atoms with E-state index in [-0.39, 0.29) is 47.1 Å². The number of nitrogens with zero attached hydrogens (tertiary/aromatic N) is 8. The molecule has 3 aromatic heterocycles. The van der Waals surface area contributed by atoms with Gasteiger partial charge < -0.3 is 44.3 Å². The van der Waals surface area contributed by atoms with Gasteiger partial charge >= 0.3 is 11.9 Å². The van der Waals surface area contributed by atoms with Gasteiger partial charge in [0, 0.05) is 75.8 Å². The summed E-state index contributed by atoms with van der Waals surface area (Å²) in [5.74, 6) is -0.673. The highest BCUT2D eigenvalue weighted by atomic mass is 16.5. The molecule has 2 fully saturated rings. The second-order valence-electron chi connectivity index (χ2n) is 24.9. The number of aliphatic carboxylic acids is 3. The molecule has 0 spiro atoms. The number of hydrogen-bond donors (Lipinski definition) is 3. The molecule has 0 radical (unpaired) electrons. The molecule has 1 aromatic carbocycles. The Morgan fingerprint density at radius 3 is 2.19 bits per heavy atom. The van der Waals surface area contributed by atoms with Crippen molar-refractivity contribution >= 4 is 41.2 Å². The molecule has 2 amide bonds. The van der Waals surface area contributed by atoms with Crippen molar-refractivity contribution in [2.45, 2.75) is 187 Å². The Balaban J connectivity index is 0.838. The number of anilines is 2. The SMILES string of the molecule is COc1ccc(C(=O)N(CC(C)(C)CCCCCCn2cc(CCCCCCCCCCCCCC(=O)NCCC[N+](C)(CC(=O)[O-])CC(=O)O)nn2)c2cccc(C)n2)c(N2CCC(COc3cc([C@@H](CC(=O)O)C4CC4)ccn3)CC2)c1. The molecule has 1 aliphatic carbocycles. The number of aromatic nitrogens is 5. The lowest BCUT2D eigenvalue weighted by Gasteiger charge is -2.36. The van der Waals surface area contributed by atoms with Gasteiger partial charge in [-0.25, -0.2) is 14.8 Å². The monoisotopic (exact) mass is 1160 g/mol. The van der Waals surface area contributed by atoms with Crippen LogP contribution in [0.5, 0.6) is 11.6 Å². The number of aryl methyl sites for hydroxylation is 3. The molecule has 4 aromatic rings.